The van der Waals surface area contributed by atoms with E-state index < -0.39 is 28.1 Å². The molecule has 0 aliphatic carbocycles. The van der Waals surface area contributed by atoms with Crippen LogP contribution in [0.25, 0.3) is 10.8 Å². The van der Waals surface area contributed by atoms with E-state index in [0.717, 1.165) is 29.2 Å². The molecule has 0 saturated carbocycles. The third kappa shape index (κ3) is 9.61. The summed E-state index contributed by atoms with van der Waals surface area (Å²) in [7, 11) is -2.23. The minimum Gasteiger partial charge on any atom is -0.490 e. The summed E-state index contributed by atoms with van der Waals surface area (Å²) < 4.78 is 41.9. The number of aryl methyl sites for hydroxylation is 1. The van der Waals surface area contributed by atoms with Crippen LogP contribution in [0.3, 0.4) is 0 Å². The number of urea groups is 1. The van der Waals surface area contributed by atoms with E-state index in [-0.39, 0.29) is 53.9 Å². The Morgan fingerprint density at radius 2 is 1.75 bits per heavy atom. The molecule has 5 rings (SSSR count). The number of aliphatic hydroxyl groups is 1. The van der Waals surface area contributed by atoms with Crippen LogP contribution < -0.4 is 14.8 Å². The topological polar surface area (TPSA) is 138 Å². The van der Waals surface area contributed by atoms with E-state index in [9.17, 15) is 23.1 Å². The third-order valence-electron chi connectivity index (χ3n) is 9.47. The maximum Gasteiger partial charge on any atom is 0.321 e. The third-order valence-corrected chi connectivity index (χ3v) is 10.9. The number of sulfonamides is 1. The Morgan fingerprint density at radius 3 is 2.50 bits per heavy atom. The fraction of sp³-hybridized carbons (Fsp3) is 0.400. The standard InChI is InChI=1S/C40H50N4O7S/c1-27-16-19-33(20-17-27)52(48,49)42-32-18-21-37-35(23-32)39(46)44(29(3)26-45)24-28(2)38(50-22-9-8-11-30(4)51-37)25-43(5)40(47)41-36-15-10-13-31-12-6-7-14-34(31)36/h6-7,10,12-21,23,28-30,38,42,45H,8-9,11,22,24-26H2,1-5H3,(H,41,47)/t28-,29+,30-,38+/m1/s1. The van der Waals surface area contributed by atoms with Crippen LogP contribution in [-0.2, 0) is 14.8 Å². The van der Waals surface area contributed by atoms with Crippen molar-refractivity contribution in [1.29, 1.82) is 0 Å². The highest BCUT2D eigenvalue weighted by atomic mass is 32.2. The lowest BCUT2D eigenvalue weighted by Crippen LogP contribution is -2.48. The smallest absolute Gasteiger partial charge is 0.321 e. The molecule has 1 aliphatic heterocycles. The van der Waals surface area contributed by atoms with Crippen molar-refractivity contribution in [2.24, 2.45) is 5.92 Å². The van der Waals surface area contributed by atoms with Gasteiger partial charge in [-0.05, 0) is 81.8 Å². The fourth-order valence-electron chi connectivity index (χ4n) is 6.28. The first-order valence-corrected chi connectivity index (χ1v) is 19.3. The Labute approximate surface area is 307 Å². The molecule has 278 valence electrons. The molecule has 0 spiro atoms. The highest BCUT2D eigenvalue weighted by Crippen LogP contribution is 2.30. The fourth-order valence-corrected chi connectivity index (χ4v) is 7.33. The predicted molar refractivity (Wildman–Crippen MR) is 204 cm³/mol. The Hall–Kier alpha value is -4.65. The van der Waals surface area contributed by atoms with Crippen LogP contribution in [0.2, 0.25) is 0 Å². The second-order valence-electron chi connectivity index (χ2n) is 13.8. The van der Waals surface area contributed by atoms with Gasteiger partial charge in [-0.2, -0.15) is 0 Å². The molecule has 12 heteroatoms. The molecule has 1 heterocycles. The first-order valence-electron chi connectivity index (χ1n) is 17.8. The number of hydrogen-bond acceptors (Lipinski definition) is 7. The zero-order valence-electron chi connectivity index (χ0n) is 30.5. The maximum absolute atomic E-state index is 14.5. The molecular weight excluding hydrogens is 681 g/mol. The van der Waals surface area contributed by atoms with Crippen LogP contribution in [0.5, 0.6) is 5.75 Å². The van der Waals surface area contributed by atoms with Gasteiger partial charge in [-0.1, -0.05) is 61.0 Å². The molecule has 4 atom stereocenters. The van der Waals surface area contributed by atoms with Gasteiger partial charge in [0.25, 0.3) is 15.9 Å². The average Bonchev–Trinajstić information content (AvgIpc) is 3.12. The van der Waals surface area contributed by atoms with Crippen LogP contribution in [0, 0.1) is 12.8 Å². The van der Waals surface area contributed by atoms with Crippen LogP contribution in [0.15, 0.2) is 89.8 Å². The van der Waals surface area contributed by atoms with E-state index in [1.54, 1.807) is 48.0 Å². The molecule has 4 aromatic rings. The quantitative estimate of drug-likeness (QED) is 0.179. The molecule has 0 fully saturated rings. The summed E-state index contributed by atoms with van der Waals surface area (Å²) in [6.07, 6.45) is 1.60. The molecule has 3 N–H and O–H groups in total. The normalized spacial score (nSPS) is 19.5. The summed E-state index contributed by atoms with van der Waals surface area (Å²) in [5.41, 5.74) is 2.01. The van der Waals surface area contributed by atoms with Crippen LogP contribution in [-0.4, -0.2) is 86.9 Å². The average molecular weight is 731 g/mol. The summed E-state index contributed by atoms with van der Waals surface area (Å²) in [4.78, 5) is 31.2. The summed E-state index contributed by atoms with van der Waals surface area (Å²) in [5.74, 6) is -0.363. The van der Waals surface area contributed by atoms with Crippen molar-refractivity contribution in [3.05, 3.63) is 96.1 Å². The number of ether oxygens (including phenoxy) is 2. The Balaban J connectivity index is 1.40. The number of nitrogens with one attached hydrogen (secondary N) is 2. The number of amides is 3. The molecule has 0 unspecified atom stereocenters. The van der Waals surface area contributed by atoms with Gasteiger partial charge in [0, 0.05) is 43.7 Å². The highest BCUT2D eigenvalue weighted by Gasteiger charge is 2.31. The van der Waals surface area contributed by atoms with Gasteiger partial charge in [0.2, 0.25) is 0 Å². The van der Waals surface area contributed by atoms with E-state index in [1.807, 2.05) is 63.2 Å². The summed E-state index contributed by atoms with van der Waals surface area (Å²) in [6, 6.07) is 23.9. The Kier molecular flexibility index (Phi) is 12.8. The number of aliphatic hydroxyl groups excluding tert-OH is 1. The number of carbonyl (C=O) groups excluding carboxylic acids is 2. The van der Waals surface area contributed by atoms with Gasteiger partial charge in [0.15, 0.2) is 0 Å². The van der Waals surface area contributed by atoms with Crippen molar-refractivity contribution in [3.8, 4) is 5.75 Å². The Morgan fingerprint density at radius 1 is 1.02 bits per heavy atom. The molecule has 0 radical (unpaired) electrons. The first kappa shape index (κ1) is 38.6. The van der Waals surface area contributed by atoms with Crippen LogP contribution in [0.1, 0.15) is 56.0 Å². The molecule has 0 aromatic heterocycles. The van der Waals surface area contributed by atoms with Gasteiger partial charge in [0.1, 0.15) is 5.75 Å². The van der Waals surface area contributed by atoms with E-state index >= 15 is 0 Å². The SMILES string of the molecule is Cc1ccc(S(=O)(=O)Nc2ccc3c(c2)C(=O)N([C@@H](C)CO)C[C@@H](C)[C@H](CN(C)C(=O)Nc2cccc4ccccc24)OCCCC[C@@H](C)O3)cc1. The molecule has 0 saturated heterocycles. The lowest BCUT2D eigenvalue weighted by Gasteiger charge is -2.35. The molecule has 3 amide bonds. The van der Waals surface area contributed by atoms with Crippen molar-refractivity contribution < 1.29 is 32.6 Å². The van der Waals surface area contributed by atoms with Crippen LogP contribution >= 0.6 is 0 Å². The van der Waals surface area contributed by atoms with Crippen molar-refractivity contribution >= 4 is 44.1 Å². The minimum absolute atomic E-state index is 0.0977. The monoisotopic (exact) mass is 730 g/mol. The number of likely N-dealkylation sites (N-methyl/N-ethyl adjacent to an activating group) is 1. The van der Waals surface area contributed by atoms with E-state index in [0.29, 0.717) is 24.5 Å². The second kappa shape index (κ2) is 17.2. The summed E-state index contributed by atoms with van der Waals surface area (Å²) in [6.45, 7) is 8.13. The number of benzene rings is 4. The number of nitrogens with zero attached hydrogens (tertiary/aromatic N) is 2. The maximum atomic E-state index is 14.5. The van der Waals surface area contributed by atoms with Crippen molar-refractivity contribution in [2.75, 3.05) is 43.4 Å². The van der Waals surface area contributed by atoms with Crippen LogP contribution in [0.4, 0.5) is 16.2 Å². The van der Waals surface area contributed by atoms with Gasteiger partial charge in [-0.25, -0.2) is 13.2 Å². The molecular formula is C40H50N4O7S. The van der Waals surface area contributed by atoms with Gasteiger partial charge < -0.3 is 29.7 Å². The summed E-state index contributed by atoms with van der Waals surface area (Å²) in [5, 5.41) is 15.3. The molecule has 11 nitrogen and oxygen atoms in total. The number of anilines is 2. The molecule has 0 bridgehead atoms. The highest BCUT2D eigenvalue weighted by molar-refractivity contribution is 7.92. The Bertz CT molecular complexity index is 1950. The van der Waals surface area contributed by atoms with Gasteiger partial charge in [-0.3, -0.25) is 9.52 Å². The van der Waals surface area contributed by atoms with Crippen molar-refractivity contribution in [1.82, 2.24) is 9.80 Å². The van der Waals surface area contributed by atoms with Crippen molar-refractivity contribution in [2.45, 2.75) is 70.1 Å². The second-order valence-corrected chi connectivity index (χ2v) is 15.4. The minimum atomic E-state index is -3.94. The lowest BCUT2D eigenvalue weighted by atomic mass is 10.0. The lowest BCUT2D eigenvalue weighted by molar-refractivity contribution is -0.0115. The largest absolute Gasteiger partial charge is 0.490 e. The number of hydrogen-bond donors (Lipinski definition) is 3. The zero-order chi connectivity index (χ0) is 37.4. The molecule has 52 heavy (non-hydrogen) atoms. The van der Waals surface area contributed by atoms with E-state index in [1.165, 1.54) is 18.2 Å². The number of carbonyl (C=O) groups is 2. The van der Waals surface area contributed by atoms with Gasteiger partial charge >= 0.3 is 6.03 Å². The molecule has 4 aromatic carbocycles. The summed E-state index contributed by atoms with van der Waals surface area (Å²) >= 11 is 0. The van der Waals surface area contributed by atoms with E-state index in [4.69, 9.17) is 9.47 Å². The zero-order valence-corrected chi connectivity index (χ0v) is 31.4. The van der Waals surface area contributed by atoms with Gasteiger partial charge in [0.05, 0.1) is 41.0 Å². The van der Waals surface area contributed by atoms with E-state index in [2.05, 4.69) is 10.0 Å². The number of fused-ring (bicyclic) bond motifs is 2. The van der Waals surface area contributed by atoms with Gasteiger partial charge in [-0.15, -0.1) is 0 Å². The number of rotatable bonds is 8. The predicted octanol–water partition coefficient (Wildman–Crippen LogP) is 6.91. The molecule has 1 aliphatic rings. The van der Waals surface area contributed by atoms with Crippen molar-refractivity contribution in [3.63, 3.8) is 0 Å². The first-order chi connectivity index (χ1) is 24.9.